The van der Waals surface area contributed by atoms with Crippen molar-refractivity contribution in [3.05, 3.63) is 53.8 Å². The molecule has 0 fully saturated rings. The Morgan fingerprint density at radius 1 is 1.31 bits per heavy atom. The van der Waals surface area contributed by atoms with Gasteiger partial charge in [0.15, 0.2) is 11.8 Å². The Labute approximate surface area is 147 Å². The maximum absolute atomic E-state index is 13.4. The number of rotatable bonds is 4. The van der Waals surface area contributed by atoms with Crippen molar-refractivity contribution < 1.29 is 19.0 Å². The molecular formula is C18H13FN4O3. The normalized spacial score (nSPS) is 12.2. The van der Waals surface area contributed by atoms with Crippen LogP contribution in [0.1, 0.15) is 12.5 Å². The molecule has 1 amide bonds. The highest BCUT2D eigenvalue weighted by Crippen LogP contribution is 2.35. The minimum absolute atomic E-state index is 0.0292. The van der Waals surface area contributed by atoms with Gasteiger partial charge in [-0.25, -0.2) is 4.39 Å². The van der Waals surface area contributed by atoms with E-state index in [0.717, 1.165) is 0 Å². The summed E-state index contributed by atoms with van der Waals surface area (Å²) in [6, 6.07) is 12.1. The SMILES string of the molecule is CC(Oc1ccc(C#N)cc1)C(=O)N=Nc1c(O)[nH]c2ccc(F)cc12. The van der Waals surface area contributed by atoms with Gasteiger partial charge in [0.25, 0.3) is 0 Å². The highest BCUT2D eigenvalue weighted by Gasteiger charge is 2.16. The molecule has 3 rings (SSSR count). The van der Waals surface area contributed by atoms with Crippen molar-refractivity contribution in [2.75, 3.05) is 0 Å². The lowest BCUT2D eigenvalue weighted by Crippen LogP contribution is -2.21. The first-order valence-corrected chi connectivity index (χ1v) is 7.60. The van der Waals surface area contributed by atoms with Crippen LogP contribution in [0.4, 0.5) is 10.1 Å². The molecule has 1 unspecified atom stereocenters. The summed E-state index contributed by atoms with van der Waals surface area (Å²) in [6.45, 7) is 1.49. The molecule has 0 bridgehead atoms. The lowest BCUT2D eigenvalue weighted by molar-refractivity contribution is -0.124. The highest BCUT2D eigenvalue weighted by molar-refractivity contribution is 5.94. The standard InChI is InChI=1S/C18H13FN4O3/c1-10(26-13-5-2-11(9-20)3-6-13)17(24)23-22-16-14-8-12(19)4-7-15(14)21-18(16)25/h2-8,10,21,25H,1H3. The van der Waals surface area contributed by atoms with E-state index < -0.39 is 17.8 Å². The van der Waals surface area contributed by atoms with Gasteiger partial charge in [-0.1, -0.05) is 0 Å². The van der Waals surface area contributed by atoms with Crippen LogP contribution < -0.4 is 4.74 Å². The number of hydrogen-bond acceptors (Lipinski definition) is 5. The van der Waals surface area contributed by atoms with Crippen molar-refractivity contribution in [1.82, 2.24) is 4.98 Å². The minimum Gasteiger partial charge on any atom is -0.493 e. The molecule has 0 aliphatic rings. The zero-order valence-corrected chi connectivity index (χ0v) is 13.6. The number of fused-ring (bicyclic) bond motifs is 1. The van der Waals surface area contributed by atoms with E-state index in [4.69, 9.17) is 10.00 Å². The third-order valence-electron chi connectivity index (χ3n) is 3.61. The molecule has 0 saturated heterocycles. The zero-order valence-electron chi connectivity index (χ0n) is 13.6. The summed E-state index contributed by atoms with van der Waals surface area (Å²) < 4.78 is 18.8. The van der Waals surface area contributed by atoms with E-state index in [1.807, 2.05) is 6.07 Å². The summed E-state index contributed by atoms with van der Waals surface area (Å²) in [7, 11) is 0. The van der Waals surface area contributed by atoms with Crippen molar-refractivity contribution in [1.29, 1.82) is 5.26 Å². The number of carbonyl (C=O) groups is 1. The fourth-order valence-corrected chi connectivity index (χ4v) is 2.28. The molecule has 130 valence electrons. The predicted molar refractivity (Wildman–Crippen MR) is 90.7 cm³/mol. The van der Waals surface area contributed by atoms with Gasteiger partial charge >= 0.3 is 5.91 Å². The van der Waals surface area contributed by atoms with Crippen LogP contribution in [-0.4, -0.2) is 22.1 Å². The number of ether oxygens (including phenoxy) is 1. The number of aromatic nitrogens is 1. The van der Waals surface area contributed by atoms with Gasteiger partial charge in [-0.05, 0) is 49.4 Å². The van der Waals surface area contributed by atoms with Gasteiger partial charge in [0.05, 0.1) is 17.1 Å². The zero-order chi connectivity index (χ0) is 18.7. The number of benzene rings is 2. The fraction of sp³-hybridized carbons (Fsp3) is 0.111. The molecule has 8 heteroatoms. The van der Waals surface area contributed by atoms with Gasteiger partial charge < -0.3 is 14.8 Å². The number of hydrogen-bond donors (Lipinski definition) is 2. The highest BCUT2D eigenvalue weighted by atomic mass is 19.1. The minimum atomic E-state index is -0.934. The van der Waals surface area contributed by atoms with Crippen LogP contribution in [-0.2, 0) is 4.79 Å². The van der Waals surface area contributed by atoms with Gasteiger partial charge in [-0.15, -0.1) is 10.2 Å². The Kier molecular flexibility index (Phi) is 4.62. The molecule has 2 N–H and O–H groups in total. The number of azo groups is 1. The molecular weight excluding hydrogens is 339 g/mol. The number of halogens is 1. The van der Waals surface area contributed by atoms with Crippen molar-refractivity contribution in [3.8, 4) is 17.7 Å². The topological polar surface area (TPSA) is 111 Å². The summed E-state index contributed by atoms with van der Waals surface area (Å²) in [4.78, 5) is 14.7. The Bertz CT molecular complexity index is 1040. The lowest BCUT2D eigenvalue weighted by Gasteiger charge is -2.10. The average Bonchev–Trinajstić information content (AvgIpc) is 2.94. The quantitative estimate of drug-likeness (QED) is 0.692. The Morgan fingerprint density at radius 3 is 2.73 bits per heavy atom. The van der Waals surface area contributed by atoms with Crippen molar-refractivity contribution in [2.24, 2.45) is 10.2 Å². The van der Waals surface area contributed by atoms with E-state index in [2.05, 4.69) is 15.2 Å². The van der Waals surface area contributed by atoms with Crippen LogP contribution in [0.2, 0.25) is 0 Å². The molecule has 0 aliphatic heterocycles. The smallest absolute Gasteiger partial charge is 0.304 e. The Hall–Kier alpha value is -3.73. The summed E-state index contributed by atoms with van der Waals surface area (Å²) in [5.41, 5.74) is 0.906. The Balaban J connectivity index is 1.75. The van der Waals surface area contributed by atoms with Gasteiger partial charge in [0.1, 0.15) is 11.6 Å². The van der Waals surface area contributed by atoms with Gasteiger partial charge in [-0.2, -0.15) is 5.26 Å². The van der Waals surface area contributed by atoms with Crippen molar-refractivity contribution in [2.45, 2.75) is 13.0 Å². The molecule has 2 aromatic carbocycles. The largest absolute Gasteiger partial charge is 0.493 e. The van der Waals surface area contributed by atoms with E-state index >= 15 is 0 Å². The first-order chi connectivity index (χ1) is 12.5. The molecule has 0 saturated carbocycles. The number of aromatic amines is 1. The molecule has 1 heterocycles. The van der Waals surface area contributed by atoms with E-state index in [-0.39, 0.29) is 11.6 Å². The summed E-state index contributed by atoms with van der Waals surface area (Å²) in [6.07, 6.45) is -0.934. The van der Waals surface area contributed by atoms with Crippen LogP contribution in [0.15, 0.2) is 52.7 Å². The van der Waals surface area contributed by atoms with E-state index in [1.165, 1.54) is 25.1 Å². The monoisotopic (exact) mass is 352 g/mol. The van der Waals surface area contributed by atoms with Crippen molar-refractivity contribution >= 4 is 22.5 Å². The fourth-order valence-electron chi connectivity index (χ4n) is 2.28. The van der Waals surface area contributed by atoms with Gasteiger partial charge in [0, 0.05) is 5.39 Å². The van der Waals surface area contributed by atoms with Crippen LogP contribution in [0.5, 0.6) is 11.6 Å². The molecule has 0 aliphatic carbocycles. The van der Waals surface area contributed by atoms with Crippen LogP contribution in [0.3, 0.4) is 0 Å². The molecule has 1 aromatic heterocycles. The van der Waals surface area contributed by atoms with Crippen LogP contribution in [0.25, 0.3) is 10.9 Å². The molecule has 0 spiro atoms. The third kappa shape index (κ3) is 3.52. The number of nitrogens with one attached hydrogen (secondary N) is 1. The number of nitrogens with zero attached hydrogens (tertiary/aromatic N) is 3. The summed E-state index contributed by atoms with van der Waals surface area (Å²) in [5, 5.41) is 26.2. The second-order valence-corrected chi connectivity index (χ2v) is 5.45. The van der Waals surface area contributed by atoms with E-state index in [1.54, 1.807) is 24.3 Å². The molecule has 7 nitrogen and oxygen atoms in total. The number of nitriles is 1. The molecule has 3 aromatic rings. The number of aromatic hydroxyl groups is 1. The lowest BCUT2D eigenvalue weighted by atomic mass is 10.2. The van der Waals surface area contributed by atoms with E-state index in [9.17, 15) is 14.3 Å². The predicted octanol–water partition coefficient (Wildman–Crippen LogP) is 3.96. The van der Waals surface area contributed by atoms with Gasteiger partial charge in [-0.3, -0.25) is 4.79 Å². The van der Waals surface area contributed by atoms with E-state index in [0.29, 0.717) is 22.2 Å². The molecule has 0 radical (unpaired) electrons. The Morgan fingerprint density at radius 2 is 2.04 bits per heavy atom. The maximum Gasteiger partial charge on any atom is 0.304 e. The van der Waals surface area contributed by atoms with Crippen molar-refractivity contribution in [3.63, 3.8) is 0 Å². The third-order valence-corrected chi connectivity index (χ3v) is 3.61. The summed E-state index contributed by atoms with van der Waals surface area (Å²) in [5.74, 6) is -1.10. The molecule has 1 atom stereocenters. The maximum atomic E-state index is 13.4. The second-order valence-electron chi connectivity index (χ2n) is 5.45. The first-order valence-electron chi connectivity index (χ1n) is 7.60. The van der Waals surface area contributed by atoms with Crippen LogP contribution in [0, 0.1) is 17.1 Å². The second kappa shape index (κ2) is 7.03. The summed E-state index contributed by atoms with van der Waals surface area (Å²) >= 11 is 0. The average molecular weight is 352 g/mol. The van der Waals surface area contributed by atoms with Gasteiger partial charge in [0.2, 0.25) is 5.88 Å². The number of amides is 1. The molecule has 26 heavy (non-hydrogen) atoms. The number of H-pyrrole nitrogens is 1. The number of carbonyl (C=O) groups excluding carboxylic acids is 1. The first kappa shape index (κ1) is 17.1. The van der Waals surface area contributed by atoms with Crippen LogP contribution >= 0.6 is 0 Å².